The van der Waals surface area contributed by atoms with E-state index < -0.39 is 0 Å². The molecule has 0 spiro atoms. The van der Waals surface area contributed by atoms with E-state index >= 15 is 0 Å². The molecular weight excluding hydrogens is 577 g/mol. The van der Waals surface area contributed by atoms with E-state index in [1.165, 1.54) is 91.8 Å². The third-order valence-corrected chi connectivity index (χ3v) is 10.3. The van der Waals surface area contributed by atoms with Crippen LogP contribution in [0, 0.1) is 16.2 Å². The summed E-state index contributed by atoms with van der Waals surface area (Å²) in [5, 5.41) is 32.4. The lowest BCUT2D eigenvalue weighted by Gasteiger charge is -2.15. The quantitative estimate of drug-likeness (QED) is 0.0921. The number of hydrogen-bond donors (Lipinski definition) is 3. The standard InChI is InChI=1S/C33H48N6S3/c1-4-7-10-13-16-37-28(22-40-31(37)34)25-19-26(29-23-41-32(35)38(29)17-14-11-8-5-2)21-27(20-25)30-24-42-33(36)39(30)18-15-12-9-6-3/h19-24,34-36H,4-18H2,1-3H3. The Hall–Kier alpha value is -2.49. The van der Waals surface area contributed by atoms with Gasteiger partial charge in [0.05, 0.1) is 17.1 Å². The van der Waals surface area contributed by atoms with Crippen LogP contribution in [0.3, 0.4) is 0 Å². The van der Waals surface area contributed by atoms with Crippen LogP contribution in [0.5, 0.6) is 0 Å². The Balaban J connectivity index is 1.80. The van der Waals surface area contributed by atoms with Gasteiger partial charge in [-0.1, -0.05) is 78.6 Å². The van der Waals surface area contributed by atoms with Gasteiger partial charge in [0.25, 0.3) is 0 Å². The number of thiazole rings is 3. The monoisotopic (exact) mass is 624 g/mol. The van der Waals surface area contributed by atoms with Crippen molar-refractivity contribution in [2.45, 2.75) is 117 Å². The summed E-state index contributed by atoms with van der Waals surface area (Å²) in [6.45, 7) is 9.28. The average Bonchev–Trinajstić information content (AvgIpc) is 3.67. The molecule has 0 unspecified atom stereocenters. The molecule has 0 aliphatic heterocycles. The zero-order chi connectivity index (χ0) is 29.9. The lowest BCUT2D eigenvalue weighted by molar-refractivity contribution is 0.574. The van der Waals surface area contributed by atoms with Crippen molar-refractivity contribution in [3.8, 4) is 33.8 Å². The van der Waals surface area contributed by atoms with Crippen LogP contribution < -0.4 is 14.4 Å². The first-order chi connectivity index (χ1) is 20.5. The second kappa shape index (κ2) is 16.4. The predicted molar refractivity (Wildman–Crippen MR) is 180 cm³/mol. The molecule has 4 rings (SSSR count). The fourth-order valence-electron chi connectivity index (χ4n) is 5.54. The van der Waals surface area contributed by atoms with Crippen LogP contribution in [0.1, 0.15) is 97.8 Å². The van der Waals surface area contributed by atoms with E-state index in [9.17, 15) is 0 Å². The SMILES string of the molecule is CCCCCCn1c(-c2cc(-c3csc(=N)n3CCCCCC)cc(-c3csc(=N)n3CCCCCC)c2)csc1=N. The average molecular weight is 625 g/mol. The number of hydrogen-bond acceptors (Lipinski definition) is 6. The maximum Gasteiger partial charge on any atom is 0.182 e. The fourth-order valence-corrected chi connectivity index (χ4v) is 7.95. The van der Waals surface area contributed by atoms with Crippen LogP contribution >= 0.6 is 34.0 Å². The summed E-state index contributed by atoms with van der Waals surface area (Å²) in [6.07, 6.45) is 14.1. The van der Waals surface area contributed by atoms with E-state index in [1.54, 1.807) is 0 Å². The van der Waals surface area contributed by atoms with E-state index in [4.69, 9.17) is 16.2 Å². The molecule has 1 aromatic carbocycles. The summed E-state index contributed by atoms with van der Waals surface area (Å²) in [7, 11) is 0. The summed E-state index contributed by atoms with van der Waals surface area (Å²) in [6, 6.07) is 6.78. The molecule has 0 saturated carbocycles. The highest BCUT2D eigenvalue weighted by Crippen LogP contribution is 2.34. The Morgan fingerprint density at radius 1 is 0.452 bits per heavy atom. The lowest BCUT2D eigenvalue weighted by Crippen LogP contribution is -2.16. The number of nitrogens with one attached hydrogen (secondary N) is 3. The second-order valence-electron chi connectivity index (χ2n) is 11.2. The van der Waals surface area contributed by atoms with Crippen LogP contribution in [0.15, 0.2) is 34.3 Å². The van der Waals surface area contributed by atoms with Crippen molar-refractivity contribution >= 4 is 34.0 Å². The Kier molecular flexibility index (Phi) is 12.6. The first kappa shape index (κ1) is 32.4. The van der Waals surface area contributed by atoms with E-state index in [-0.39, 0.29) is 0 Å². The minimum Gasteiger partial charge on any atom is -0.317 e. The summed E-state index contributed by atoms with van der Waals surface area (Å²) < 4.78 is 6.52. The van der Waals surface area contributed by atoms with Gasteiger partial charge >= 0.3 is 0 Å². The van der Waals surface area contributed by atoms with Crippen molar-refractivity contribution in [2.75, 3.05) is 0 Å². The number of aromatic nitrogens is 3. The molecule has 0 saturated heterocycles. The van der Waals surface area contributed by atoms with Crippen molar-refractivity contribution < 1.29 is 0 Å². The van der Waals surface area contributed by atoms with Gasteiger partial charge < -0.3 is 13.7 Å². The first-order valence-corrected chi connectivity index (χ1v) is 18.5. The number of benzene rings is 1. The highest BCUT2D eigenvalue weighted by atomic mass is 32.1. The lowest BCUT2D eigenvalue weighted by atomic mass is 10.00. The number of rotatable bonds is 18. The fraction of sp³-hybridized carbons (Fsp3) is 0.545. The Morgan fingerprint density at radius 2 is 0.738 bits per heavy atom. The molecule has 3 heterocycles. The largest absolute Gasteiger partial charge is 0.317 e. The van der Waals surface area contributed by atoms with Crippen molar-refractivity contribution in [3.63, 3.8) is 0 Å². The molecule has 0 fully saturated rings. The van der Waals surface area contributed by atoms with Gasteiger partial charge in [-0.2, -0.15) is 0 Å². The molecule has 9 heteroatoms. The molecule has 0 bridgehead atoms. The van der Waals surface area contributed by atoms with Crippen molar-refractivity contribution in [3.05, 3.63) is 48.7 Å². The second-order valence-corrected chi connectivity index (χ2v) is 13.8. The molecule has 0 amide bonds. The third kappa shape index (κ3) is 8.11. The van der Waals surface area contributed by atoms with Crippen LogP contribution in [0.25, 0.3) is 33.8 Å². The highest BCUT2D eigenvalue weighted by Gasteiger charge is 2.17. The minimum absolute atomic E-state index is 0.596. The van der Waals surface area contributed by atoms with Crippen LogP contribution in [0.4, 0.5) is 0 Å². The molecule has 0 aliphatic carbocycles. The Labute approximate surface area is 262 Å². The van der Waals surface area contributed by atoms with Gasteiger partial charge in [0, 0.05) is 52.5 Å². The predicted octanol–water partition coefficient (Wildman–Crippen LogP) is 9.46. The van der Waals surface area contributed by atoms with E-state index in [2.05, 4.69) is 68.8 Å². The molecule has 0 radical (unpaired) electrons. The van der Waals surface area contributed by atoms with Crippen LogP contribution in [-0.2, 0) is 19.6 Å². The van der Waals surface area contributed by atoms with Crippen LogP contribution in [-0.4, -0.2) is 13.7 Å². The third-order valence-electron chi connectivity index (χ3n) is 7.98. The van der Waals surface area contributed by atoms with Crippen molar-refractivity contribution in [1.82, 2.24) is 13.7 Å². The van der Waals surface area contributed by atoms with E-state index in [1.807, 2.05) is 0 Å². The Morgan fingerprint density at radius 3 is 1.00 bits per heavy atom. The number of unbranched alkanes of at least 4 members (excludes halogenated alkanes) is 9. The first-order valence-electron chi connectivity index (χ1n) is 15.8. The van der Waals surface area contributed by atoms with Crippen molar-refractivity contribution in [1.29, 1.82) is 16.2 Å². The minimum atomic E-state index is 0.596. The topological polar surface area (TPSA) is 86.3 Å². The molecule has 4 aromatic rings. The summed E-state index contributed by atoms with van der Waals surface area (Å²) in [5.41, 5.74) is 6.61. The summed E-state index contributed by atoms with van der Waals surface area (Å²) >= 11 is 4.51. The Bertz CT molecular complexity index is 1380. The molecular formula is C33H48N6S3. The molecule has 0 atom stereocenters. The maximum absolute atomic E-state index is 8.68. The van der Waals surface area contributed by atoms with Gasteiger partial charge in [-0.25, -0.2) is 0 Å². The normalized spacial score (nSPS) is 11.5. The smallest absolute Gasteiger partial charge is 0.182 e. The summed E-state index contributed by atoms with van der Waals surface area (Å²) in [4.78, 5) is 1.79. The van der Waals surface area contributed by atoms with Gasteiger partial charge in [-0.15, -0.1) is 34.0 Å². The molecule has 3 N–H and O–H groups in total. The van der Waals surface area contributed by atoms with Crippen molar-refractivity contribution in [2.24, 2.45) is 0 Å². The zero-order valence-electron chi connectivity index (χ0n) is 25.6. The molecule has 0 aliphatic rings. The molecule has 6 nitrogen and oxygen atoms in total. The highest BCUT2D eigenvalue weighted by molar-refractivity contribution is 7.07. The van der Waals surface area contributed by atoms with E-state index in [0.29, 0.717) is 14.4 Å². The van der Waals surface area contributed by atoms with Gasteiger partial charge in [0.1, 0.15) is 0 Å². The van der Waals surface area contributed by atoms with Gasteiger partial charge in [-0.3, -0.25) is 16.2 Å². The maximum atomic E-state index is 8.68. The van der Waals surface area contributed by atoms with Crippen LogP contribution in [0.2, 0.25) is 0 Å². The molecule has 42 heavy (non-hydrogen) atoms. The van der Waals surface area contributed by atoms with E-state index in [0.717, 1.165) is 72.7 Å². The number of nitrogens with zero attached hydrogens (tertiary/aromatic N) is 3. The molecule has 228 valence electrons. The van der Waals surface area contributed by atoms with Gasteiger partial charge in [0.15, 0.2) is 14.4 Å². The molecule has 3 aromatic heterocycles. The zero-order valence-corrected chi connectivity index (χ0v) is 28.1. The van der Waals surface area contributed by atoms with Gasteiger partial charge in [0.2, 0.25) is 0 Å². The van der Waals surface area contributed by atoms with Gasteiger partial charge in [-0.05, 0) is 37.5 Å². The summed E-state index contributed by atoms with van der Waals surface area (Å²) in [5.74, 6) is 0.